The number of nitrogens with one attached hydrogen (secondary N) is 1. The molecule has 0 spiro atoms. The molecule has 0 aromatic heterocycles. The van der Waals surface area contributed by atoms with Crippen LogP contribution in [0, 0.1) is 11.3 Å². The number of ether oxygens (including phenoxy) is 3. The van der Waals surface area contributed by atoms with Crippen LogP contribution in [0.25, 0.3) is 0 Å². The van der Waals surface area contributed by atoms with Crippen LogP contribution in [-0.2, 0) is 4.79 Å². The minimum Gasteiger partial charge on any atom is -0.548 e. The summed E-state index contributed by atoms with van der Waals surface area (Å²) in [5, 5.41) is 23.7. The van der Waals surface area contributed by atoms with Crippen LogP contribution in [0.1, 0.15) is 34.5 Å². The minimum absolute atomic E-state index is 0.223. The maximum Gasteiger partial charge on any atom is 0.200 e. The van der Waals surface area contributed by atoms with Crippen molar-refractivity contribution in [3.63, 3.8) is 0 Å². The first-order valence-corrected chi connectivity index (χ1v) is 10.5. The third-order valence-electron chi connectivity index (χ3n) is 4.93. The molecule has 174 valence electrons. The van der Waals surface area contributed by atoms with Gasteiger partial charge in [-0.2, -0.15) is 5.26 Å². The number of carbonyl (C=O) groups is 2. The molecule has 0 amide bonds. The Morgan fingerprint density at radius 1 is 1.00 bits per heavy atom. The highest BCUT2D eigenvalue weighted by Crippen LogP contribution is 2.32. The number of nitrogens with zero attached hydrogens (tertiary/aromatic N) is 1. The zero-order valence-electron chi connectivity index (χ0n) is 18.7. The standard InChI is InChI=1S/C26H24N2O6/c1-3-33-24-14-19(25(26(30)31)28-20-9-4-17(15-27)5-10-20)8-13-23(24)34-16-22(29)18-6-11-21(32-2)12-7-18/h4-14,25,28H,3,16H2,1-2H3,(H,30,31)/p-1. The average molecular weight is 459 g/mol. The van der Waals surface area contributed by atoms with Crippen molar-refractivity contribution in [2.45, 2.75) is 13.0 Å². The molecule has 8 heteroatoms. The second-order valence-corrected chi connectivity index (χ2v) is 7.17. The van der Waals surface area contributed by atoms with Crippen molar-refractivity contribution in [1.29, 1.82) is 5.26 Å². The number of ketones is 1. The fourth-order valence-electron chi connectivity index (χ4n) is 3.18. The number of carbonyl (C=O) groups excluding carboxylic acids is 2. The van der Waals surface area contributed by atoms with Gasteiger partial charge in [0, 0.05) is 11.3 Å². The molecule has 3 aromatic carbocycles. The molecule has 0 aliphatic carbocycles. The van der Waals surface area contributed by atoms with Gasteiger partial charge in [0.2, 0.25) is 0 Å². The second-order valence-electron chi connectivity index (χ2n) is 7.17. The number of hydrogen-bond donors (Lipinski definition) is 1. The molecule has 1 unspecified atom stereocenters. The van der Waals surface area contributed by atoms with E-state index in [0.717, 1.165) is 0 Å². The van der Waals surface area contributed by atoms with Crippen molar-refractivity contribution in [3.8, 4) is 23.3 Å². The quantitative estimate of drug-likeness (QED) is 0.434. The number of nitriles is 1. The van der Waals surface area contributed by atoms with Gasteiger partial charge < -0.3 is 29.4 Å². The average Bonchev–Trinajstić information content (AvgIpc) is 2.86. The van der Waals surface area contributed by atoms with Crippen LogP contribution < -0.4 is 24.6 Å². The van der Waals surface area contributed by atoms with Crippen LogP contribution in [0.15, 0.2) is 66.7 Å². The number of aliphatic carboxylic acids is 1. The summed E-state index contributed by atoms with van der Waals surface area (Å²) in [5.74, 6) is -0.318. The second kappa shape index (κ2) is 11.4. The Bertz CT molecular complexity index is 1180. The Balaban J connectivity index is 1.77. The lowest BCUT2D eigenvalue weighted by Gasteiger charge is -2.23. The first-order chi connectivity index (χ1) is 16.4. The van der Waals surface area contributed by atoms with Crippen molar-refractivity contribution in [2.24, 2.45) is 0 Å². The van der Waals surface area contributed by atoms with Gasteiger partial charge in [0.1, 0.15) is 5.75 Å². The van der Waals surface area contributed by atoms with Crippen molar-refractivity contribution < 1.29 is 28.9 Å². The zero-order chi connectivity index (χ0) is 24.5. The monoisotopic (exact) mass is 459 g/mol. The lowest BCUT2D eigenvalue weighted by Crippen LogP contribution is -2.34. The van der Waals surface area contributed by atoms with Crippen LogP contribution in [0.2, 0.25) is 0 Å². The zero-order valence-corrected chi connectivity index (χ0v) is 18.7. The molecule has 0 aliphatic rings. The third kappa shape index (κ3) is 6.04. The van der Waals surface area contributed by atoms with E-state index in [-0.39, 0.29) is 12.4 Å². The van der Waals surface area contributed by atoms with E-state index < -0.39 is 12.0 Å². The lowest BCUT2D eigenvalue weighted by atomic mass is 10.1. The molecular weight excluding hydrogens is 436 g/mol. The predicted molar refractivity (Wildman–Crippen MR) is 123 cm³/mol. The van der Waals surface area contributed by atoms with Crippen LogP contribution in [0.3, 0.4) is 0 Å². The van der Waals surface area contributed by atoms with Crippen LogP contribution in [0.4, 0.5) is 5.69 Å². The van der Waals surface area contributed by atoms with E-state index in [0.29, 0.717) is 46.2 Å². The number of carboxylic acids is 1. The van der Waals surface area contributed by atoms with E-state index in [9.17, 15) is 14.7 Å². The molecule has 3 aromatic rings. The highest BCUT2D eigenvalue weighted by atomic mass is 16.5. The normalized spacial score (nSPS) is 11.1. The lowest BCUT2D eigenvalue weighted by molar-refractivity contribution is -0.307. The summed E-state index contributed by atoms with van der Waals surface area (Å²) >= 11 is 0. The molecule has 0 aliphatic heterocycles. The van der Waals surface area contributed by atoms with Gasteiger partial charge in [0.25, 0.3) is 0 Å². The fourth-order valence-corrected chi connectivity index (χ4v) is 3.18. The van der Waals surface area contributed by atoms with Gasteiger partial charge >= 0.3 is 0 Å². The van der Waals surface area contributed by atoms with Gasteiger partial charge in [0.05, 0.1) is 37.4 Å². The number of methoxy groups -OCH3 is 1. The van der Waals surface area contributed by atoms with Crippen molar-refractivity contribution in [1.82, 2.24) is 0 Å². The molecule has 0 heterocycles. The van der Waals surface area contributed by atoms with Crippen molar-refractivity contribution >= 4 is 17.4 Å². The Kier molecular flexibility index (Phi) is 8.08. The number of hydrogen-bond acceptors (Lipinski definition) is 8. The molecule has 1 N–H and O–H groups in total. The SMILES string of the molecule is CCOc1cc(C(Nc2ccc(C#N)cc2)C(=O)[O-])ccc1OCC(=O)c1ccc(OC)cc1. The molecule has 0 saturated heterocycles. The fraction of sp³-hybridized carbons (Fsp3) is 0.192. The summed E-state index contributed by atoms with van der Waals surface area (Å²) in [6.07, 6.45) is 0. The molecule has 1 atom stereocenters. The summed E-state index contributed by atoms with van der Waals surface area (Å²) in [6.45, 7) is 1.87. The number of Topliss-reactive ketones (excluding diaryl/α,β-unsaturated/α-hetero) is 1. The topological polar surface area (TPSA) is 121 Å². The maximum atomic E-state index is 12.5. The highest BCUT2D eigenvalue weighted by Gasteiger charge is 2.17. The molecular formula is C26H23N2O6-. The summed E-state index contributed by atoms with van der Waals surface area (Å²) in [7, 11) is 1.55. The Hall–Kier alpha value is -4.51. The van der Waals surface area contributed by atoms with E-state index in [1.807, 2.05) is 6.07 Å². The summed E-state index contributed by atoms with van der Waals surface area (Å²) in [6, 6.07) is 18.5. The molecule has 34 heavy (non-hydrogen) atoms. The molecule has 0 fully saturated rings. The van der Waals surface area contributed by atoms with E-state index in [4.69, 9.17) is 19.5 Å². The molecule has 3 rings (SSSR count). The summed E-state index contributed by atoms with van der Waals surface area (Å²) < 4.78 is 16.4. The molecule has 0 radical (unpaired) electrons. The highest BCUT2D eigenvalue weighted by molar-refractivity contribution is 5.97. The van der Waals surface area contributed by atoms with E-state index in [1.54, 1.807) is 74.7 Å². The van der Waals surface area contributed by atoms with Crippen LogP contribution in [-0.4, -0.2) is 32.1 Å². The van der Waals surface area contributed by atoms with Gasteiger partial charge in [-0.3, -0.25) is 4.79 Å². The Morgan fingerprint density at radius 2 is 1.71 bits per heavy atom. The van der Waals surface area contributed by atoms with Crippen LogP contribution in [0.5, 0.6) is 17.2 Å². The van der Waals surface area contributed by atoms with E-state index >= 15 is 0 Å². The summed E-state index contributed by atoms with van der Waals surface area (Å²) in [4.78, 5) is 24.3. The molecule has 0 saturated carbocycles. The smallest absolute Gasteiger partial charge is 0.200 e. The van der Waals surface area contributed by atoms with Gasteiger partial charge in [-0.15, -0.1) is 0 Å². The number of anilines is 1. The van der Waals surface area contributed by atoms with Gasteiger partial charge in [-0.05, 0) is 73.2 Å². The minimum atomic E-state index is -1.34. The van der Waals surface area contributed by atoms with Crippen LogP contribution >= 0.6 is 0 Å². The number of benzene rings is 3. The number of rotatable bonds is 11. The first-order valence-electron chi connectivity index (χ1n) is 10.5. The van der Waals surface area contributed by atoms with Crippen molar-refractivity contribution in [2.75, 3.05) is 25.6 Å². The number of carboxylic acid groups (broad SMARTS) is 1. The first kappa shape index (κ1) is 24.1. The van der Waals surface area contributed by atoms with E-state index in [2.05, 4.69) is 5.32 Å². The predicted octanol–water partition coefficient (Wildman–Crippen LogP) is 3.13. The van der Waals surface area contributed by atoms with Gasteiger partial charge in [-0.25, -0.2) is 0 Å². The third-order valence-corrected chi connectivity index (χ3v) is 4.93. The maximum absolute atomic E-state index is 12.5. The Labute approximate surface area is 197 Å². The van der Waals surface area contributed by atoms with Gasteiger partial charge in [-0.1, -0.05) is 6.07 Å². The van der Waals surface area contributed by atoms with E-state index in [1.165, 1.54) is 6.07 Å². The molecule has 8 nitrogen and oxygen atoms in total. The Morgan fingerprint density at radius 3 is 2.29 bits per heavy atom. The van der Waals surface area contributed by atoms with Crippen molar-refractivity contribution in [3.05, 3.63) is 83.4 Å². The molecule has 0 bridgehead atoms. The summed E-state index contributed by atoms with van der Waals surface area (Å²) in [5.41, 5.74) is 1.82. The van der Waals surface area contributed by atoms with Gasteiger partial charge in [0.15, 0.2) is 23.9 Å². The largest absolute Gasteiger partial charge is 0.548 e.